The van der Waals surface area contributed by atoms with Gasteiger partial charge in [-0.1, -0.05) is 0 Å². The Morgan fingerprint density at radius 1 is 1.29 bits per heavy atom. The molecule has 2 rings (SSSR count). The highest BCUT2D eigenvalue weighted by Crippen LogP contribution is 2.29. The van der Waals surface area contributed by atoms with Crippen LogP contribution < -0.4 is 14.8 Å². The van der Waals surface area contributed by atoms with E-state index >= 15 is 0 Å². The molecule has 0 atom stereocenters. The second-order valence-electron chi connectivity index (χ2n) is 5.05. The summed E-state index contributed by atoms with van der Waals surface area (Å²) in [6.07, 6.45) is -2.14. The Balaban J connectivity index is 2.06. The van der Waals surface area contributed by atoms with E-state index in [9.17, 15) is 22.8 Å². The summed E-state index contributed by atoms with van der Waals surface area (Å²) < 4.78 is 50.9. The van der Waals surface area contributed by atoms with Gasteiger partial charge in [0, 0.05) is 6.08 Å². The number of rotatable bonds is 6. The predicted molar refractivity (Wildman–Crippen MR) is 95.4 cm³/mol. The second-order valence-corrected chi connectivity index (χ2v) is 6.08. The lowest BCUT2D eigenvalue weighted by atomic mass is 10.2. The molecule has 1 N–H and O–H groups in total. The summed E-state index contributed by atoms with van der Waals surface area (Å²) in [5.41, 5.74) is 0.472. The number of alkyl halides is 3. The van der Waals surface area contributed by atoms with Gasteiger partial charge in [0.25, 0.3) is 5.91 Å². The minimum absolute atomic E-state index is 0.0699. The number of carbonyl (C=O) groups is 2. The monoisotopic (exact) mass is 417 g/mol. The van der Waals surface area contributed by atoms with E-state index in [0.29, 0.717) is 5.56 Å². The van der Waals surface area contributed by atoms with Crippen molar-refractivity contribution in [2.75, 3.05) is 20.8 Å². The predicted octanol–water partition coefficient (Wildman–Crippen LogP) is 2.25. The summed E-state index contributed by atoms with van der Waals surface area (Å²) in [5, 5.41) is 10.2. The molecule has 1 aromatic carbocycles. The van der Waals surface area contributed by atoms with Crippen molar-refractivity contribution in [3.05, 3.63) is 34.7 Å². The molecule has 150 valence electrons. The summed E-state index contributed by atoms with van der Waals surface area (Å²) in [5.74, 6) is -1.17. The normalized spacial score (nSPS) is 17.2. The largest absolute Gasteiger partial charge is 0.493 e. The number of amidine groups is 1. The first-order valence-electron chi connectivity index (χ1n) is 7.49. The van der Waals surface area contributed by atoms with Gasteiger partial charge in [-0.15, -0.1) is 5.10 Å². The molecular formula is C16H14F3N3O5S. The fourth-order valence-corrected chi connectivity index (χ4v) is 2.57. The number of hydrogen-bond donors (Lipinski definition) is 1. The highest BCUT2D eigenvalue weighted by molar-refractivity contribution is 8.18. The topological polar surface area (TPSA) is 98.6 Å². The molecule has 1 amide bonds. The summed E-state index contributed by atoms with van der Waals surface area (Å²) in [4.78, 5) is 22.9. The number of thioether (sulfide) groups is 1. The fraction of sp³-hybridized carbons (Fsp3) is 0.250. The average molecular weight is 417 g/mol. The first-order valence-corrected chi connectivity index (χ1v) is 8.31. The molecule has 1 aliphatic heterocycles. The Morgan fingerprint density at radius 3 is 2.68 bits per heavy atom. The first-order chi connectivity index (χ1) is 13.2. The van der Waals surface area contributed by atoms with Crippen LogP contribution in [-0.4, -0.2) is 50.3 Å². The maximum absolute atomic E-state index is 12.3. The van der Waals surface area contributed by atoms with Gasteiger partial charge in [-0.3, -0.25) is 10.1 Å². The van der Waals surface area contributed by atoms with E-state index in [4.69, 9.17) is 4.74 Å². The Kier molecular flexibility index (Phi) is 7.04. The molecule has 0 saturated carbocycles. The molecule has 1 heterocycles. The molecule has 0 aromatic heterocycles. The third kappa shape index (κ3) is 6.30. The van der Waals surface area contributed by atoms with E-state index < -0.39 is 24.7 Å². The van der Waals surface area contributed by atoms with Gasteiger partial charge >= 0.3 is 12.1 Å². The molecule has 1 saturated heterocycles. The van der Waals surface area contributed by atoms with Crippen LogP contribution in [0, 0.1) is 0 Å². The number of amides is 1. The van der Waals surface area contributed by atoms with Gasteiger partial charge in [-0.2, -0.15) is 18.3 Å². The number of nitrogens with zero attached hydrogens (tertiary/aromatic N) is 2. The standard InChI is InChI=1S/C16H14F3N3O5S/c1-25-11-5-9(3-4-10(11)27-8-16(17,18)19)7-20-22-15-21-14(24)12(28-15)6-13(23)26-2/h3-7H,8H2,1-2H3,(H,21,22,24)/b12-6+,20-7?. The molecule has 8 nitrogen and oxygen atoms in total. The minimum Gasteiger partial charge on any atom is -0.493 e. The smallest absolute Gasteiger partial charge is 0.422 e. The maximum Gasteiger partial charge on any atom is 0.422 e. The van der Waals surface area contributed by atoms with Crippen molar-refractivity contribution in [2.24, 2.45) is 10.2 Å². The van der Waals surface area contributed by atoms with Crippen LogP contribution in [-0.2, 0) is 14.3 Å². The summed E-state index contributed by atoms with van der Waals surface area (Å²) >= 11 is 0.901. The number of halogens is 3. The van der Waals surface area contributed by atoms with Gasteiger partial charge < -0.3 is 14.2 Å². The molecule has 28 heavy (non-hydrogen) atoms. The lowest BCUT2D eigenvalue weighted by Gasteiger charge is -2.12. The fourth-order valence-electron chi connectivity index (χ4n) is 1.83. The zero-order chi connectivity index (χ0) is 20.7. The van der Waals surface area contributed by atoms with E-state index in [1.165, 1.54) is 38.6 Å². The number of hydrogen-bond acceptors (Lipinski definition) is 8. The van der Waals surface area contributed by atoms with Crippen molar-refractivity contribution in [3.8, 4) is 11.5 Å². The molecule has 1 fully saturated rings. The number of ether oxygens (including phenoxy) is 3. The summed E-state index contributed by atoms with van der Waals surface area (Å²) in [6, 6.07) is 4.18. The van der Waals surface area contributed by atoms with Gasteiger partial charge in [0.05, 0.1) is 25.3 Å². The highest BCUT2D eigenvalue weighted by atomic mass is 32.2. The van der Waals surface area contributed by atoms with Crippen LogP contribution >= 0.6 is 11.8 Å². The van der Waals surface area contributed by atoms with Crippen molar-refractivity contribution < 1.29 is 37.0 Å². The highest BCUT2D eigenvalue weighted by Gasteiger charge is 2.29. The zero-order valence-corrected chi connectivity index (χ0v) is 15.4. The van der Waals surface area contributed by atoms with Crippen LogP contribution in [0.3, 0.4) is 0 Å². The van der Waals surface area contributed by atoms with Crippen LogP contribution in [0.25, 0.3) is 0 Å². The SMILES string of the molecule is COC(=O)/C=C1/S/C(=N\N=Cc2ccc(OCC(F)(F)F)c(OC)c2)NC1=O. The Bertz CT molecular complexity index is 852. The van der Waals surface area contributed by atoms with Crippen LogP contribution in [0.2, 0.25) is 0 Å². The minimum atomic E-state index is -4.47. The van der Waals surface area contributed by atoms with Gasteiger partial charge in [0.2, 0.25) is 0 Å². The van der Waals surface area contributed by atoms with Crippen LogP contribution in [0.15, 0.2) is 39.4 Å². The van der Waals surface area contributed by atoms with Gasteiger partial charge in [0.15, 0.2) is 23.3 Å². The van der Waals surface area contributed by atoms with Gasteiger partial charge in [-0.25, -0.2) is 4.79 Å². The number of carbonyl (C=O) groups excluding carboxylic acids is 2. The molecule has 0 unspecified atom stereocenters. The third-order valence-corrected chi connectivity index (χ3v) is 3.94. The molecule has 12 heteroatoms. The third-order valence-electron chi connectivity index (χ3n) is 3.04. The number of benzene rings is 1. The summed E-state index contributed by atoms with van der Waals surface area (Å²) in [7, 11) is 2.47. The van der Waals surface area contributed by atoms with Crippen LogP contribution in [0.1, 0.15) is 5.56 Å². The van der Waals surface area contributed by atoms with E-state index in [2.05, 4.69) is 25.0 Å². The summed E-state index contributed by atoms with van der Waals surface area (Å²) in [6.45, 7) is -1.44. The van der Waals surface area contributed by atoms with Crippen molar-refractivity contribution in [1.82, 2.24) is 5.32 Å². The number of esters is 1. The van der Waals surface area contributed by atoms with Crippen LogP contribution in [0.4, 0.5) is 13.2 Å². The molecule has 0 spiro atoms. The average Bonchev–Trinajstić information content (AvgIpc) is 2.98. The molecule has 0 bridgehead atoms. The van der Waals surface area contributed by atoms with E-state index in [-0.39, 0.29) is 21.6 Å². The Morgan fingerprint density at radius 2 is 2.04 bits per heavy atom. The van der Waals surface area contributed by atoms with E-state index in [1.807, 2.05) is 0 Å². The molecule has 1 aromatic rings. The van der Waals surface area contributed by atoms with Crippen molar-refractivity contribution in [3.63, 3.8) is 0 Å². The quantitative estimate of drug-likeness (QED) is 0.330. The van der Waals surface area contributed by atoms with E-state index in [1.54, 1.807) is 0 Å². The molecular weight excluding hydrogens is 403 g/mol. The lowest BCUT2D eigenvalue weighted by molar-refractivity contribution is -0.153. The number of nitrogens with one attached hydrogen (secondary N) is 1. The zero-order valence-electron chi connectivity index (χ0n) is 14.6. The van der Waals surface area contributed by atoms with Gasteiger partial charge in [-0.05, 0) is 35.5 Å². The molecule has 1 aliphatic rings. The molecule has 0 aliphatic carbocycles. The first kappa shape index (κ1) is 21.3. The second kappa shape index (κ2) is 9.26. The van der Waals surface area contributed by atoms with Crippen molar-refractivity contribution in [1.29, 1.82) is 0 Å². The maximum atomic E-state index is 12.3. The Hall–Kier alpha value is -3.02. The van der Waals surface area contributed by atoms with Crippen molar-refractivity contribution >= 4 is 35.0 Å². The number of methoxy groups -OCH3 is 2. The van der Waals surface area contributed by atoms with E-state index in [0.717, 1.165) is 17.8 Å². The molecule has 0 radical (unpaired) electrons. The van der Waals surface area contributed by atoms with Crippen molar-refractivity contribution in [2.45, 2.75) is 6.18 Å². The lowest BCUT2D eigenvalue weighted by Crippen LogP contribution is -2.19. The Labute approximate surface area is 161 Å². The van der Waals surface area contributed by atoms with Gasteiger partial charge in [0.1, 0.15) is 0 Å². The van der Waals surface area contributed by atoms with Crippen LogP contribution in [0.5, 0.6) is 11.5 Å².